The first kappa shape index (κ1) is 18.1. The number of nitrogens with one attached hydrogen (secondary N) is 2. The fourth-order valence-corrected chi connectivity index (χ4v) is 3.29. The van der Waals surface area contributed by atoms with Crippen LogP contribution in [-0.4, -0.2) is 28.2 Å². The summed E-state index contributed by atoms with van der Waals surface area (Å²) in [6.45, 7) is 1.91. The molecule has 1 saturated carbocycles. The molecule has 1 aliphatic carbocycles. The highest BCUT2D eigenvalue weighted by Gasteiger charge is 2.26. The van der Waals surface area contributed by atoms with E-state index in [0.717, 1.165) is 37.0 Å². The van der Waals surface area contributed by atoms with Gasteiger partial charge in [-0.2, -0.15) is 0 Å². The molecule has 26 heavy (non-hydrogen) atoms. The summed E-state index contributed by atoms with van der Waals surface area (Å²) in [6.07, 6.45) is 4.59. The van der Waals surface area contributed by atoms with Crippen LogP contribution in [0.1, 0.15) is 50.8 Å². The van der Waals surface area contributed by atoms with E-state index in [9.17, 15) is 9.59 Å². The van der Waals surface area contributed by atoms with Crippen LogP contribution >= 0.6 is 0 Å². The lowest BCUT2D eigenvalue weighted by Gasteiger charge is -2.18. The van der Waals surface area contributed by atoms with Gasteiger partial charge in [0.2, 0.25) is 5.91 Å². The topological polar surface area (TPSA) is 97.0 Å². The number of rotatable bonds is 6. The Kier molecular flexibility index (Phi) is 5.65. The van der Waals surface area contributed by atoms with Gasteiger partial charge in [-0.15, -0.1) is 10.2 Å². The van der Waals surface area contributed by atoms with Gasteiger partial charge in [0.25, 0.3) is 5.56 Å². The minimum absolute atomic E-state index is 0.00906. The summed E-state index contributed by atoms with van der Waals surface area (Å²) in [5.74, 6) is 1.17. The first-order chi connectivity index (χ1) is 12.6. The van der Waals surface area contributed by atoms with Crippen molar-refractivity contribution in [1.29, 1.82) is 0 Å². The van der Waals surface area contributed by atoms with Crippen molar-refractivity contribution in [3.05, 3.63) is 40.3 Å². The van der Waals surface area contributed by atoms with Crippen LogP contribution in [-0.2, 0) is 4.79 Å². The van der Waals surface area contributed by atoms with E-state index >= 15 is 0 Å². The molecule has 7 nitrogen and oxygen atoms in total. The van der Waals surface area contributed by atoms with Crippen LogP contribution in [0.15, 0.2) is 29.1 Å². The Morgan fingerprint density at radius 2 is 1.96 bits per heavy atom. The Hall–Kier alpha value is -2.70. The van der Waals surface area contributed by atoms with E-state index in [-0.39, 0.29) is 23.1 Å². The average molecular weight is 356 g/mol. The lowest BCUT2D eigenvalue weighted by molar-refractivity contribution is -0.125. The van der Waals surface area contributed by atoms with Crippen molar-refractivity contribution >= 4 is 5.91 Å². The normalized spacial score (nSPS) is 15.6. The number of ether oxygens (including phenoxy) is 1. The fraction of sp³-hybridized carbons (Fsp3) is 0.474. The molecule has 138 valence electrons. The summed E-state index contributed by atoms with van der Waals surface area (Å²) in [4.78, 5) is 27.6. The zero-order chi connectivity index (χ0) is 18.5. The van der Waals surface area contributed by atoms with E-state index < -0.39 is 6.04 Å². The lowest BCUT2D eigenvalue weighted by atomic mass is 10.1. The second-order valence-electron chi connectivity index (χ2n) is 6.57. The van der Waals surface area contributed by atoms with Crippen molar-refractivity contribution in [2.45, 2.75) is 45.1 Å². The van der Waals surface area contributed by atoms with Gasteiger partial charge >= 0.3 is 0 Å². The number of nitrogens with zero attached hydrogens (tertiary/aromatic N) is 2. The number of H-pyrrole nitrogens is 1. The molecule has 0 spiro atoms. The Labute approximate surface area is 152 Å². The molecule has 7 heteroatoms. The van der Waals surface area contributed by atoms with Gasteiger partial charge in [0.05, 0.1) is 13.2 Å². The van der Waals surface area contributed by atoms with Gasteiger partial charge in [0, 0.05) is 11.5 Å². The highest BCUT2D eigenvalue weighted by molar-refractivity contribution is 5.79. The van der Waals surface area contributed by atoms with Crippen molar-refractivity contribution in [1.82, 2.24) is 20.5 Å². The van der Waals surface area contributed by atoms with Gasteiger partial charge in [-0.25, -0.2) is 0 Å². The van der Waals surface area contributed by atoms with Crippen LogP contribution in [0.3, 0.4) is 0 Å². The summed E-state index contributed by atoms with van der Waals surface area (Å²) in [6, 6.07) is 6.76. The predicted octanol–water partition coefficient (Wildman–Crippen LogP) is 2.60. The van der Waals surface area contributed by atoms with E-state index in [1.54, 1.807) is 31.4 Å². The molecular formula is C19H24N4O3. The van der Waals surface area contributed by atoms with E-state index in [1.807, 2.05) is 6.92 Å². The molecule has 0 aliphatic heterocycles. The van der Waals surface area contributed by atoms with Gasteiger partial charge in [-0.3, -0.25) is 9.59 Å². The Balaban J connectivity index is 1.78. The fourth-order valence-electron chi connectivity index (χ4n) is 3.29. The first-order valence-electron chi connectivity index (χ1n) is 9.04. The quantitative estimate of drug-likeness (QED) is 0.829. The molecule has 1 fully saturated rings. The summed E-state index contributed by atoms with van der Waals surface area (Å²) in [5.41, 5.74) is 0.658. The molecule has 2 N–H and O–H groups in total. The number of benzene rings is 1. The zero-order valence-electron chi connectivity index (χ0n) is 15.1. The highest BCUT2D eigenvalue weighted by atomic mass is 16.5. The van der Waals surface area contributed by atoms with Crippen LogP contribution < -0.4 is 15.6 Å². The largest absolute Gasteiger partial charge is 0.497 e. The molecule has 1 unspecified atom stereocenters. The van der Waals surface area contributed by atoms with E-state index in [1.165, 1.54) is 0 Å². The van der Waals surface area contributed by atoms with Crippen molar-refractivity contribution in [3.63, 3.8) is 0 Å². The average Bonchev–Trinajstić information content (AvgIpc) is 3.21. The first-order valence-corrected chi connectivity index (χ1v) is 9.04. The highest BCUT2D eigenvalue weighted by Crippen LogP contribution is 2.26. The monoisotopic (exact) mass is 356 g/mol. The number of hydrogen-bond acceptors (Lipinski definition) is 5. The number of aromatic nitrogens is 3. The van der Waals surface area contributed by atoms with Crippen molar-refractivity contribution in [2.24, 2.45) is 5.92 Å². The maximum absolute atomic E-state index is 12.5. The molecule has 0 saturated heterocycles. The molecular weight excluding hydrogens is 332 g/mol. The third kappa shape index (κ3) is 3.92. The van der Waals surface area contributed by atoms with Gasteiger partial charge in [0.1, 0.15) is 5.75 Å². The van der Waals surface area contributed by atoms with Gasteiger partial charge in [0.15, 0.2) is 11.5 Å². The van der Waals surface area contributed by atoms with Gasteiger partial charge in [-0.1, -0.05) is 19.8 Å². The number of hydrogen-bond donors (Lipinski definition) is 2. The van der Waals surface area contributed by atoms with Crippen molar-refractivity contribution < 1.29 is 9.53 Å². The minimum Gasteiger partial charge on any atom is -0.497 e. The standard InChI is InChI=1S/C19H24N4O3/c1-3-15(20-18(24)13-6-4-5-7-13)16-19(25)21-17(23-22-16)12-8-10-14(26-2)11-9-12/h8-11,13,15H,3-7H2,1-2H3,(H,20,24)(H,21,23,25). The number of amides is 1. The molecule has 1 aliphatic rings. The van der Waals surface area contributed by atoms with E-state index in [2.05, 4.69) is 20.5 Å². The van der Waals surface area contributed by atoms with Crippen LogP contribution in [0.4, 0.5) is 0 Å². The Morgan fingerprint density at radius 3 is 2.54 bits per heavy atom. The van der Waals surface area contributed by atoms with E-state index in [0.29, 0.717) is 12.2 Å². The molecule has 3 rings (SSSR count). The smallest absolute Gasteiger partial charge is 0.275 e. The summed E-state index contributed by atoms with van der Waals surface area (Å²) in [5, 5.41) is 11.2. The third-order valence-electron chi connectivity index (χ3n) is 4.87. The molecule has 0 radical (unpaired) electrons. The van der Waals surface area contributed by atoms with Crippen LogP contribution in [0.25, 0.3) is 11.4 Å². The number of carbonyl (C=O) groups is 1. The summed E-state index contributed by atoms with van der Waals surface area (Å²) < 4.78 is 5.12. The van der Waals surface area contributed by atoms with Crippen LogP contribution in [0.2, 0.25) is 0 Å². The van der Waals surface area contributed by atoms with Gasteiger partial charge < -0.3 is 15.0 Å². The number of aromatic amines is 1. The molecule has 1 atom stereocenters. The van der Waals surface area contributed by atoms with Crippen molar-refractivity contribution in [3.8, 4) is 17.1 Å². The zero-order valence-corrected chi connectivity index (χ0v) is 15.1. The number of methoxy groups -OCH3 is 1. The molecule has 0 bridgehead atoms. The second kappa shape index (κ2) is 8.12. The summed E-state index contributed by atoms with van der Waals surface area (Å²) in [7, 11) is 1.59. The van der Waals surface area contributed by atoms with Crippen LogP contribution in [0, 0.1) is 5.92 Å². The third-order valence-corrected chi connectivity index (χ3v) is 4.87. The van der Waals surface area contributed by atoms with Crippen LogP contribution in [0.5, 0.6) is 5.75 Å². The SMILES string of the molecule is CCC(NC(=O)C1CCCC1)c1nnc(-c2ccc(OC)cc2)[nH]c1=O. The molecule has 1 aromatic heterocycles. The van der Waals surface area contributed by atoms with Gasteiger partial charge in [-0.05, 0) is 43.5 Å². The molecule has 1 aromatic carbocycles. The maximum atomic E-state index is 12.5. The molecule has 1 heterocycles. The predicted molar refractivity (Wildman–Crippen MR) is 97.8 cm³/mol. The minimum atomic E-state index is -0.427. The Morgan fingerprint density at radius 1 is 1.27 bits per heavy atom. The maximum Gasteiger partial charge on any atom is 0.275 e. The van der Waals surface area contributed by atoms with E-state index in [4.69, 9.17) is 4.74 Å². The van der Waals surface area contributed by atoms with Crippen molar-refractivity contribution in [2.75, 3.05) is 7.11 Å². The Bertz CT molecular complexity index is 810. The summed E-state index contributed by atoms with van der Waals surface area (Å²) >= 11 is 0. The lowest BCUT2D eigenvalue weighted by Crippen LogP contribution is -2.36. The second-order valence-corrected chi connectivity index (χ2v) is 6.57. The number of carbonyl (C=O) groups excluding carboxylic acids is 1. The molecule has 2 aromatic rings. The molecule has 1 amide bonds.